The molecule has 0 aliphatic carbocycles. The maximum Gasteiger partial charge on any atom is 0.240 e. The van der Waals surface area contributed by atoms with E-state index in [1.165, 1.54) is 11.5 Å². The molecule has 0 radical (unpaired) electrons. The molecule has 0 amide bonds. The number of rotatable bonds is 6. The summed E-state index contributed by atoms with van der Waals surface area (Å²) in [5.74, 6) is -1.01. The molecule has 0 unspecified atom stereocenters. The molecule has 7 heteroatoms. The van der Waals surface area contributed by atoms with Crippen molar-refractivity contribution in [3.05, 3.63) is 94.5 Å². The Balaban J connectivity index is 1.97. The Morgan fingerprint density at radius 2 is 1.42 bits per heavy atom. The standard InChI is InChI=1S/C26H20ClNO5/c1-15(29)16-5-11-20(12-6-16)28-23(17-7-13-21(33-2)14-8-17)22(25(31)26(28)32)24(30)18-3-9-19(27)10-4-18/h3-14,31-32H,1-2H3. The number of halogens is 1. The van der Waals surface area contributed by atoms with Crippen molar-refractivity contribution < 1.29 is 24.5 Å². The van der Waals surface area contributed by atoms with E-state index >= 15 is 0 Å². The lowest BCUT2D eigenvalue weighted by Crippen LogP contribution is -2.05. The van der Waals surface area contributed by atoms with Crippen LogP contribution >= 0.6 is 11.6 Å². The molecule has 0 aliphatic rings. The summed E-state index contributed by atoms with van der Waals surface area (Å²) in [6, 6.07) is 19.7. The van der Waals surface area contributed by atoms with E-state index in [4.69, 9.17) is 16.3 Å². The number of aromatic nitrogens is 1. The summed E-state index contributed by atoms with van der Waals surface area (Å²) in [6.45, 7) is 1.46. The maximum atomic E-state index is 13.4. The zero-order valence-corrected chi connectivity index (χ0v) is 18.6. The fourth-order valence-electron chi connectivity index (χ4n) is 3.63. The minimum absolute atomic E-state index is 0.0596. The molecule has 0 fully saturated rings. The van der Waals surface area contributed by atoms with Crippen LogP contribution in [0.5, 0.6) is 17.4 Å². The summed E-state index contributed by atoms with van der Waals surface area (Å²) in [6.07, 6.45) is 0. The topological polar surface area (TPSA) is 88.8 Å². The van der Waals surface area contributed by atoms with Crippen LogP contribution in [0.4, 0.5) is 0 Å². The molecule has 0 spiro atoms. The van der Waals surface area contributed by atoms with Crippen molar-refractivity contribution in [2.24, 2.45) is 0 Å². The van der Waals surface area contributed by atoms with Crippen molar-refractivity contribution in [3.63, 3.8) is 0 Å². The second kappa shape index (κ2) is 8.84. The first-order valence-corrected chi connectivity index (χ1v) is 10.4. The third-order valence-corrected chi connectivity index (χ3v) is 5.60. The molecular formula is C26H20ClNO5. The third kappa shape index (κ3) is 4.08. The Hall–Kier alpha value is -4.03. The average molecular weight is 462 g/mol. The summed E-state index contributed by atoms with van der Waals surface area (Å²) in [5.41, 5.74) is 2.07. The lowest BCUT2D eigenvalue weighted by Gasteiger charge is -2.13. The molecule has 2 N–H and O–H groups in total. The average Bonchev–Trinajstić information content (AvgIpc) is 3.09. The zero-order valence-electron chi connectivity index (χ0n) is 17.9. The molecule has 33 heavy (non-hydrogen) atoms. The lowest BCUT2D eigenvalue weighted by molar-refractivity contribution is 0.101. The van der Waals surface area contributed by atoms with Gasteiger partial charge in [-0.2, -0.15) is 0 Å². The predicted octanol–water partition coefficient (Wildman–Crippen LogP) is 5.65. The van der Waals surface area contributed by atoms with Crippen LogP contribution in [0.25, 0.3) is 16.9 Å². The van der Waals surface area contributed by atoms with Crippen LogP contribution in [0.15, 0.2) is 72.8 Å². The SMILES string of the molecule is COc1ccc(-c2c(C(=O)c3ccc(Cl)cc3)c(O)c(O)n2-c2ccc(C(C)=O)cc2)cc1. The van der Waals surface area contributed by atoms with Gasteiger partial charge in [-0.3, -0.25) is 14.2 Å². The summed E-state index contributed by atoms with van der Waals surface area (Å²) in [5, 5.41) is 22.2. The molecule has 1 aromatic heterocycles. The number of hydrogen-bond donors (Lipinski definition) is 2. The van der Waals surface area contributed by atoms with Crippen molar-refractivity contribution in [2.75, 3.05) is 7.11 Å². The third-order valence-electron chi connectivity index (χ3n) is 5.35. The summed E-state index contributed by atoms with van der Waals surface area (Å²) >= 11 is 5.95. The van der Waals surface area contributed by atoms with Crippen molar-refractivity contribution >= 4 is 23.2 Å². The zero-order chi connectivity index (χ0) is 23.7. The second-order valence-corrected chi connectivity index (χ2v) is 7.84. The molecule has 4 rings (SSSR count). The summed E-state index contributed by atoms with van der Waals surface area (Å²) in [7, 11) is 1.54. The minimum atomic E-state index is -0.545. The quantitative estimate of drug-likeness (QED) is 0.362. The van der Waals surface area contributed by atoms with E-state index in [0.717, 1.165) is 0 Å². The number of carbonyl (C=O) groups is 2. The minimum Gasteiger partial charge on any atom is -0.503 e. The van der Waals surface area contributed by atoms with Crippen LogP contribution in [0.3, 0.4) is 0 Å². The fraction of sp³-hybridized carbons (Fsp3) is 0.0769. The van der Waals surface area contributed by atoms with Gasteiger partial charge in [0.25, 0.3) is 0 Å². The molecular weight excluding hydrogens is 442 g/mol. The number of benzene rings is 3. The number of hydrogen-bond acceptors (Lipinski definition) is 5. The van der Waals surface area contributed by atoms with Gasteiger partial charge in [-0.1, -0.05) is 11.6 Å². The number of nitrogens with zero attached hydrogens (tertiary/aromatic N) is 1. The van der Waals surface area contributed by atoms with Crippen LogP contribution in [0.2, 0.25) is 5.02 Å². The number of methoxy groups -OCH3 is 1. The van der Waals surface area contributed by atoms with E-state index in [2.05, 4.69) is 0 Å². The van der Waals surface area contributed by atoms with Gasteiger partial charge in [0.05, 0.1) is 18.4 Å². The van der Waals surface area contributed by atoms with Crippen molar-refractivity contribution in [1.82, 2.24) is 4.57 Å². The Morgan fingerprint density at radius 3 is 1.97 bits per heavy atom. The van der Waals surface area contributed by atoms with Crippen LogP contribution in [-0.2, 0) is 0 Å². The van der Waals surface area contributed by atoms with Gasteiger partial charge in [-0.25, -0.2) is 0 Å². The molecule has 0 saturated carbocycles. The van der Waals surface area contributed by atoms with Crippen LogP contribution in [0, 0.1) is 0 Å². The van der Waals surface area contributed by atoms with E-state index in [1.807, 2.05) is 0 Å². The number of Topliss-reactive ketones (excluding diaryl/α,β-unsaturated/α-hetero) is 1. The normalized spacial score (nSPS) is 10.8. The van der Waals surface area contributed by atoms with E-state index in [9.17, 15) is 19.8 Å². The molecule has 1 heterocycles. The Kier molecular flexibility index (Phi) is 5.94. The first-order valence-electron chi connectivity index (χ1n) is 10.0. The first-order chi connectivity index (χ1) is 15.8. The summed E-state index contributed by atoms with van der Waals surface area (Å²) < 4.78 is 6.60. The Labute approximate surface area is 195 Å². The second-order valence-electron chi connectivity index (χ2n) is 7.40. The molecule has 0 aliphatic heterocycles. The highest BCUT2D eigenvalue weighted by atomic mass is 35.5. The number of carbonyl (C=O) groups excluding carboxylic acids is 2. The van der Waals surface area contributed by atoms with Gasteiger partial charge in [-0.15, -0.1) is 0 Å². The van der Waals surface area contributed by atoms with Gasteiger partial charge in [0.2, 0.25) is 5.88 Å². The highest BCUT2D eigenvalue weighted by Gasteiger charge is 2.30. The lowest BCUT2D eigenvalue weighted by atomic mass is 9.99. The van der Waals surface area contributed by atoms with Gasteiger partial charge in [0, 0.05) is 21.8 Å². The van der Waals surface area contributed by atoms with Crippen LogP contribution in [0.1, 0.15) is 33.2 Å². The highest BCUT2D eigenvalue weighted by molar-refractivity contribution is 6.30. The maximum absolute atomic E-state index is 13.4. The molecule has 4 aromatic rings. The molecule has 0 atom stereocenters. The van der Waals surface area contributed by atoms with Gasteiger partial charge in [0.15, 0.2) is 17.3 Å². The van der Waals surface area contributed by atoms with Crippen LogP contribution in [-0.4, -0.2) is 33.5 Å². The predicted molar refractivity (Wildman–Crippen MR) is 126 cm³/mol. The van der Waals surface area contributed by atoms with Gasteiger partial charge in [0.1, 0.15) is 5.75 Å². The van der Waals surface area contributed by atoms with E-state index in [1.54, 1.807) is 79.9 Å². The monoisotopic (exact) mass is 461 g/mol. The molecule has 3 aromatic carbocycles. The first kappa shape index (κ1) is 22.2. The van der Waals surface area contributed by atoms with Crippen molar-refractivity contribution in [2.45, 2.75) is 6.92 Å². The van der Waals surface area contributed by atoms with Gasteiger partial charge in [-0.05, 0) is 85.3 Å². The smallest absolute Gasteiger partial charge is 0.240 e. The number of ketones is 2. The van der Waals surface area contributed by atoms with E-state index in [-0.39, 0.29) is 11.3 Å². The number of aromatic hydroxyl groups is 2. The molecule has 0 bridgehead atoms. The van der Waals surface area contributed by atoms with Crippen molar-refractivity contribution in [3.8, 4) is 34.3 Å². The van der Waals surface area contributed by atoms with Gasteiger partial charge >= 0.3 is 0 Å². The van der Waals surface area contributed by atoms with Gasteiger partial charge < -0.3 is 14.9 Å². The largest absolute Gasteiger partial charge is 0.503 e. The fourth-order valence-corrected chi connectivity index (χ4v) is 3.75. The Morgan fingerprint density at radius 1 is 0.848 bits per heavy atom. The highest BCUT2D eigenvalue weighted by Crippen LogP contribution is 2.44. The van der Waals surface area contributed by atoms with E-state index < -0.39 is 17.4 Å². The van der Waals surface area contributed by atoms with E-state index in [0.29, 0.717) is 38.8 Å². The van der Waals surface area contributed by atoms with Crippen molar-refractivity contribution in [1.29, 1.82) is 0 Å². The van der Waals surface area contributed by atoms with Crippen LogP contribution < -0.4 is 4.74 Å². The Bertz CT molecular complexity index is 1340. The molecule has 0 saturated heterocycles. The molecule has 6 nitrogen and oxygen atoms in total. The number of ether oxygens (including phenoxy) is 1. The molecule has 166 valence electrons. The summed E-state index contributed by atoms with van der Waals surface area (Å²) in [4.78, 5) is 25.1.